The van der Waals surface area contributed by atoms with E-state index in [1.165, 1.54) is 20.0 Å². The predicted octanol–water partition coefficient (Wildman–Crippen LogP) is 3.40. The smallest absolute Gasteiger partial charge is 0.191 e. The van der Waals surface area contributed by atoms with Gasteiger partial charge in [-0.15, -0.1) is 0 Å². The first-order valence-electron chi connectivity index (χ1n) is 10.1. The largest absolute Gasteiger partial charge is 0.494 e. The summed E-state index contributed by atoms with van der Waals surface area (Å²) in [7, 11) is 3.32. The van der Waals surface area contributed by atoms with Crippen molar-refractivity contribution in [1.82, 2.24) is 15.5 Å². The molecule has 1 aliphatic rings. The monoisotopic (exact) mass is 378 g/mol. The fraction of sp³-hybridized carbons (Fsp3) is 0.667. The van der Waals surface area contributed by atoms with E-state index < -0.39 is 0 Å². The van der Waals surface area contributed by atoms with Crippen LogP contribution in [-0.2, 0) is 6.54 Å². The standard InChI is InChI=1S/C21H35FN4O/c1-5-16(6-2)14-24-21(23-3)25-18-9-11-26(12-10-18)15-17-7-8-20(27-4)19(22)13-17/h7-8,13,16,18H,5-6,9-12,14-15H2,1-4H3,(H2,23,24,25). The molecule has 1 aromatic carbocycles. The molecule has 1 heterocycles. The molecule has 0 unspecified atom stereocenters. The summed E-state index contributed by atoms with van der Waals surface area (Å²) in [5.74, 6) is 1.60. The molecule has 152 valence electrons. The number of methoxy groups -OCH3 is 1. The molecule has 1 saturated heterocycles. The van der Waals surface area contributed by atoms with Gasteiger partial charge in [-0.05, 0) is 36.5 Å². The molecule has 0 bridgehead atoms. The first kappa shape index (κ1) is 21.5. The maximum atomic E-state index is 13.9. The molecule has 5 nitrogen and oxygen atoms in total. The van der Waals surface area contributed by atoms with E-state index in [1.807, 2.05) is 13.1 Å². The third-order valence-corrected chi connectivity index (χ3v) is 5.49. The molecule has 6 heteroatoms. The minimum atomic E-state index is -0.293. The number of hydrogen-bond acceptors (Lipinski definition) is 3. The topological polar surface area (TPSA) is 48.9 Å². The fourth-order valence-corrected chi connectivity index (χ4v) is 3.51. The van der Waals surface area contributed by atoms with E-state index in [2.05, 4.69) is 34.4 Å². The Balaban J connectivity index is 1.76. The number of ether oxygens (including phenoxy) is 1. The summed E-state index contributed by atoms with van der Waals surface area (Å²) in [6.07, 6.45) is 4.49. The molecule has 0 aliphatic carbocycles. The summed E-state index contributed by atoms with van der Waals surface area (Å²) in [4.78, 5) is 6.74. The first-order chi connectivity index (χ1) is 13.1. The lowest BCUT2D eigenvalue weighted by molar-refractivity contribution is 0.198. The van der Waals surface area contributed by atoms with Gasteiger partial charge in [0.25, 0.3) is 0 Å². The highest BCUT2D eigenvalue weighted by Crippen LogP contribution is 2.20. The van der Waals surface area contributed by atoms with Gasteiger partial charge < -0.3 is 15.4 Å². The number of benzene rings is 1. The average molecular weight is 379 g/mol. The molecule has 1 fully saturated rings. The van der Waals surface area contributed by atoms with Crippen LogP contribution in [0.4, 0.5) is 4.39 Å². The highest BCUT2D eigenvalue weighted by molar-refractivity contribution is 5.79. The number of rotatable bonds is 8. The normalized spacial score (nSPS) is 16.6. The minimum absolute atomic E-state index is 0.293. The summed E-state index contributed by atoms with van der Waals surface area (Å²) in [5.41, 5.74) is 0.988. The van der Waals surface area contributed by atoms with E-state index in [1.54, 1.807) is 12.1 Å². The summed E-state index contributed by atoms with van der Waals surface area (Å²) >= 11 is 0. The molecule has 2 rings (SSSR count). The van der Waals surface area contributed by atoms with Crippen molar-refractivity contribution < 1.29 is 9.13 Å². The molecule has 1 aromatic rings. The maximum Gasteiger partial charge on any atom is 0.191 e. The van der Waals surface area contributed by atoms with E-state index in [4.69, 9.17) is 4.74 Å². The molecule has 1 aliphatic heterocycles. The van der Waals surface area contributed by atoms with Gasteiger partial charge in [-0.2, -0.15) is 0 Å². The lowest BCUT2D eigenvalue weighted by atomic mass is 10.0. The van der Waals surface area contributed by atoms with Gasteiger partial charge in [0, 0.05) is 39.3 Å². The van der Waals surface area contributed by atoms with Crippen LogP contribution in [-0.4, -0.2) is 50.7 Å². The molecular weight excluding hydrogens is 343 g/mol. The molecule has 27 heavy (non-hydrogen) atoms. The Hall–Kier alpha value is -1.82. The van der Waals surface area contributed by atoms with Crippen LogP contribution >= 0.6 is 0 Å². The fourth-order valence-electron chi connectivity index (χ4n) is 3.51. The number of aliphatic imine (C=N–C) groups is 1. The molecule has 0 radical (unpaired) electrons. The Labute approximate surface area is 163 Å². The third-order valence-electron chi connectivity index (χ3n) is 5.49. The molecule has 0 amide bonds. The third kappa shape index (κ3) is 6.69. The Morgan fingerprint density at radius 2 is 2.00 bits per heavy atom. The second-order valence-electron chi connectivity index (χ2n) is 7.30. The zero-order chi connectivity index (χ0) is 19.6. The van der Waals surface area contributed by atoms with Gasteiger partial charge >= 0.3 is 0 Å². The minimum Gasteiger partial charge on any atom is -0.494 e. The number of piperidine rings is 1. The molecular formula is C21H35FN4O. The molecule has 0 saturated carbocycles. The SMILES string of the molecule is CCC(CC)CNC(=NC)NC1CCN(Cc2ccc(OC)c(F)c2)CC1. The van der Waals surface area contributed by atoms with Crippen LogP contribution in [0, 0.1) is 11.7 Å². The highest BCUT2D eigenvalue weighted by Gasteiger charge is 2.20. The van der Waals surface area contributed by atoms with Gasteiger partial charge in [0.15, 0.2) is 17.5 Å². The van der Waals surface area contributed by atoms with Gasteiger partial charge in [0.05, 0.1) is 7.11 Å². The molecule has 0 spiro atoms. The van der Waals surface area contributed by atoms with Gasteiger partial charge in [-0.1, -0.05) is 32.8 Å². The quantitative estimate of drug-likeness (QED) is 0.538. The molecule has 2 N–H and O–H groups in total. The van der Waals surface area contributed by atoms with Crippen LogP contribution < -0.4 is 15.4 Å². The summed E-state index contributed by atoms with van der Waals surface area (Å²) < 4.78 is 18.8. The number of halogens is 1. The van der Waals surface area contributed by atoms with Gasteiger partial charge in [0.2, 0.25) is 0 Å². The molecule has 0 atom stereocenters. The van der Waals surface area contributed by atoms with Crippen LogP contribution in [0.15, 0.2) is 23.2 Å². The summed E-state index contributed by atoms with van der Waals surface area (Å²) in [5, 5.41) is 7.01. The van der Waals surface area contributed by atoms with Crippen LogP contribution in [0.2, 0.25) is 0 Å². The van der Waals surface area contributed by atoms with Gasteiger partial charge in [0.1, 0.15) is 0 Å². The van der Waals surface area contributed by atoms with Crippen molar-refractivity contribution >= 4 is 5.96 Å². The summed E-state index contributed by atoms with van der Waals surface area (Å²) in [6.45, 7) is 8.19. The van der Waals surface area contributed by atoms with Crippen molar-refractivity contribution in [2.75, 3.05) is 33.8 Å². The summed E-state index contributed by atoms with van der Waals surface area (Å²) in [6, 6.07) is 5.65. The van der Waals surface area contributed by atoms with E-state index >= 15 is 0 Å². The zero-order valence-electron chi connectivity index (χ0n) is 17.2. The number of guanidine groups is 1. The Bertz CT molecular complexity index is 596. The van der Waals surface area contributed by atoms with Crippen molar-refractivity contribution in [3.05, 3.63) is 29.6 Å². The van der Waals surface area contributed by atoms with Crippen LogP contribution in [0.3, 0.4) is 0 Å². The van der Waals surface area contributed by atoms with E-state index in [0.29, 0.717) is 17.7 Å². The number of nitrogens with zero attached hydrogens (tertiary/aromatic N) is 2. The zero-order valence-corrected chi connectivity index (χ0v) is 17.2. The lowest BCUT2D eigenvalue weighted by Gasteiger charge is -2.33. The van der Waals surface area contributed by atoms with Gasteiger partial charge in [-0.25, -0.2) is 4.39 Å². The van der Waals surface area contributed by atoms with Crippen molar-refractivity contribution in [2.24, 2.45) is 10.9 Å². The second-order valence-corrected chi connectivity index (χ2v) is 7.30. The number of hydrogen-bond donors (Lipinski definition) is 2. The van der Waals surface area contributed by atoms with Crippen LogP contribution in [0.5, 0.6) is 5.75 Å². The predicted molar refractivity (Wildman–Crippen MR) is 110 cm³/mol. The Morgan fingerprint density at radius 3 is 2.56 bits per heavy atom. The Kier molecular flexibility index (Phi) is 8.85. The lowest BCUT2D eigenvalue weighted by Crippen LogP contribution is -2.49. The number of likely N-dealkylation sites (tertiary alicyclic amines) is 1. The maximum absolute atomic E-state index is 13.9. The second kappa shape index (κ2) is 11.1. The van der Waals surface area contributed by atoms with Crippen molar-refractivity contribution in [3.63, 3.8) is 0 Å². The average Bonchev–Trinajstić information content (AvgIpc) is 2.69. The van der Waals surface area contributed by atoms with Crippen LogP contribution in [0.25, 0.3) is 0 Å². The van der Waals surface area contributed by atoms with E-state index in [9.17, 15) is 4.39 Å². The Morgan fingerprint density at radius 1 is 1.30 bits per heavy atom. The van der Waals surface area contributed by atoms with E-state index in [-0.39, 0.29) is 5.82 Å². The van der Waals surface area contributed by atoms with E-state index in [0.717, 1.165) is 50.5 Å². The highest BCUT2D eigenvalue weighted by atomic mass is 19.1. The molecule has 0 aromatic heterocycles. The number of nitrogens with one attached hydrogen (secondary N) is 2. The van der Waals surface area contributed by atoms with Crippen LogP contribution in [0.1, 0.15) is 45.1 Å². The first-order valence-corrected chi connectivity index (χ1v) is 10.1. The van der Waals surface area contributed by atoms with Crippen molar-refractivity contribution in [2.45, 2.75) is 52.1 Å². The van der Waals surface area contributed by atoms with Gasteiger partial charge in [-0.3, -0.25) is 9.89 Å². The van der Waals surface area contributed by atoms with Crippen molar-refractivity contribution in [1.29, 1.82) is 0 Å². The van der Waals surface area contributed by atoms with Crippen molar-refractivity contribution in [3.8, 4) is 5.75 Å².